The molecule has 7 nitrogen and oxygen atoms in total. The molecular weight excluding hydrogens is 278 g/mol. The topological polar surface area (TPSA) is 81.4 Å². The molecule has 2 fully saturated rings. The molecular formula is C12H14ClN7. The molecule has 0 amide bonds. The molecule has 4 rings (SSSR count). The molecule has 0 atom stereocenters. The van der Waals surface area contributed by atoms with Crippen LogP contribution in [-0.2, 0) is 0 Å². The van der Waals surface area contributed by atoms with Gasteiger partial charge >= 0.3 is 0 Å². The van der Waals surface area contributed by atoms with Crippen molar-refractivity contribution in [2.24, 2.45) is 11.3 Å². The largest absolute Gasteiger partial charge is 0.353 e. The Hall–Kier alpha value is -1.76. The van der Waals surface area contributed by atoms with Crippen LogP contribution >= 0.6 is 11.6 Å². The van der Waals surface area contributed by atoms with Crippen LogP contribution in [0.3, 0.4) is 0 Å². The van der Waals surface area contributed by atoms with Crippen molar-refractivity contribution in [3.05, 3.63) is 17.9 Å². The highest BCUT2D eigenvalue weighted by molar-refractivity contribution is 6.28. The fourth-order valence-corrected chi connectivity index (χ4v) is 2.83. The first-order valence-corrected chi connectivity index (χ1v) is 7.13. The van der Waals surface area contributed by atoms with E-state index in [0.717, 1.165) is 12.5 Å². The maximum Gasteiger partial charge on any atom is 0.258 e. The Morgan fingerprint density at radius 3 is 2.80 bits per heavy atom. The van der Waals surface area contributed by atoms with Crippen LogP contribution in [0.5, 0.6) is 0 Å². The van der Waals surface area contributed by atoms with Gasteiger partial charge in [0.05, 0.1) is 0 Å². The minimum Gasteiger partial charge on any atom is -0.353 e. The van der Waals surface area contributed by atoms with Crippen LogP contribution < -0.4 is 5.32 Å². The summed E-state index contributed by atoms with van der Waals surface area (Å²) in [6.07, 6.45) is 8.30. The van der Waals surface area contributed by atoms with E-state index in [1.165, 1.54) is 43.0 Å². The number of aromatic nitrogens is 6. The maximum atomic E-state index is 5.94. The minimum atomic E-state index is 0.157. The molecule has 0 radical (unpaired) electrons. The summed E-state index contributed by atoms with van der Waals surface area (Å²) in [4.78, 5) is 16.4. The summed E-state index contributed by atoms with van der Waals surface area (Å²) in [5.74, 6) is 1.77. The van der Waals surface area contributed by atoms with Gasteiger partial charge in [-0.1, -0.05) is 0 Å². The highest BCUT2D eigenvalue weighted by atomic mass is 35.5. The van der Waals surface area contributed by atoms with Crippen LogP contribution in [0, 0.1) is 11.3 Å². The van der Waals surface area contributed by atoms with E-state index in [4.69, 9.17) is 11.6 Å². The lowest BCUT2D eigenvalue weighted by Crippen LogP contribution is -2.19. The second kappa shape index (κ2) is 4.37. The van der Waals surface area contributed by atoms with Gasteiger partial charge in [-0.3, -0.25) is 0 Å². The molecule has 2 heterocycles. The summed E-state index contributed by atoms with van der Waals surface area (Å²) >= 11 is 5.94. The molecule has 0 bridgehead atoms. The normalized spacial score (nSPS) is 19.9. The predicted molar refractivity (Wildman–Crippen MR) is 72.6 cm³/mol. The molecule has 2 aromatic rings. The first kappa shape index (κ1) is 12.0. The fraction of sp³-hybridized carbons (Fsp3) is 0.583. The van der Waals surface area contributed by atoms with E-state index < -0.39 is 0 Å². The molecule has 20 heavy (non-hydrogen) atoms. The number of rotatable bonds is 5. The van der Waals surface area contributed by atoms with E-state index in [1.807, 2.05) is 0 Å². The van der Waals surface area contributed by atoms with Crippen molar-refractivity contribution in [1.29, 1.82) is 0 Å². The van der Waals surface area contributed by atoms with Gasteiger partial charge in [-0.15, -0.1) is 0 Å². The summed E-state index contributed by atoms with van der Waals surface area (Å²) in [7, 11) is 0. The van der Waals surface area contributed by atoms with Crippen LogP contribution in [0.4, 0.5) is 5.95 Å². The number of nitrogens with zero attached hydrogens (tertiary/aromatic N) is 6. The zero-order valence-corrected chi connectivity index (χ0v) is 11.6. The van der Waals surface area contributed by atoms with E-state index in [9.17, 15) is 0 Å². The second-order valence-corrected chi connectivity index (χ2v) is 5.90. The van der Waals surface area contributed by atoms with Crippen molar-refractivity contribution in [3.8, 4) is 5.95 Å². The molecule has 2 aliphatic carbocycles. The van der Waals surface area contributed by atoms with Crippen LogP contribution in [0.25, 0.3) is 5.95 Å². The van der Waals surface area contributed by atoms with Gasteiger partial charge < -0.3 is 5.32 Å². The monoisotopic (exact) mass is 291 g/mol. The Morgan fingerprint density at radius 1 is 1.30 bits per heavy atom. The summed E-state index contributed by atoms with van der Waals surface area (Å²) in [6.45, 7) is 0.912. The molecule has 0 aromatic carbocycles. The van der Waals surface area contributed by atoms with E-state index >= 15 is 0 Å². The lowest BCUT2D eigenvalue weighted by molar-refractivity contribution is 0.465. The van der Waals surface area contributed by atoms with Crippen molar-refractivity contribution in [2.75, 3.05) is 11.9 Å². The summed E-state index contributed by atoms with van der Waals surface area (Å²) < 4.78 is 1.46. The molecule has 2 aliphatic rings. The third-order valence-electron chi connectivity index (χ3n) is 4.15. The third kappa shape index (κ3) is 2.22. The highest BCUT2D eigenvalue weighted by Crippen LogP contribution is 2.61. The lowest BCUT2D eigenvalue weighted by atomic mass is 10.0. The Kier molecular flexibility index (Phi) is 2.63. The van der Waals surface area contributed by atoms with E-state index in [-0.39, 0.29) is 5.28 Å². The lowest BCUT2D eigenvalue weighted by Gasteiger charge is -2.15. The predicted octanol–water partition coefficient (Wildman–Crippen LogP) is 1.71. The first-order chi connectivity index (χ1) is 9.75. The standard InChI is InChI=1S/C12H14ClN7/c13-9-17-10(15-5-12(3-4-12)8-1-2-8)19-11(18-9)20-7-14-6-16-20/h6-8H,1-5H2,(H,15,17,18,19). The molecule has 1 N–H and O–H groups in total. The molecule has 2 aromatic heterocycles. The Morgan fingerprint density at radius 2 is 2.15 bits per heavy atom. The average Bonchev–Trinajstić information content (AvgIpc) is 3.34. The number of hydrogen-bond donors (Lipinski definition) is 1. The number of anilines is 1. The molecule has 0 aliphatic heterocycles. The second-order valence-electron chi connectivity index (χ2n) is 5.56. The van der Waals surface area contributed by atoms with Crippen molar-refractivity contribution in [2.45, 2.75) is 25.7 Å². The van der Waals surface area contributed by atoms with Gasteiger partial charge in [0.1, 0.15) is 12.7 Å². The van der Waals surface area contributed by atoms with Gasteiger partial charge in [-0.25, -0.2) is 4.98 Å². The van der Waals surface area contributed by atoms with Gasteiger partial charge in [0.2, 0.25) is 11.2 Å². The number of nitrogens with one attached hydrogen (secondary N) is 1. The smallest absolute Gasteiger partial charge is 0.258 e. The number of hydrogen-bond acceptors (Lipinski definition) is 6. The molecule has 0 spiro atoms. The molecule has 0 saturated heterocycles. The Balaban J connectivity index is 1.53. The van der Waals surface area contributed by atoms with Gasteiger partial charge in [-0.05, 0) is 48.6 Å². The minimum absolute atomic E-state index is 0.157. The van der Waals surface area contributed by atoms with Gasteiger partial charge in [0.15, 0.2) is 0 Å². The summed E-state index contributed by atoms with van der Waals surface area (Å²) in [5, 5.41) is 7.46. The van der Waals surface area contributed by atoms with E-state index in [2.05, 4.69) is 30.4 Å². The molecule has 104 valence electrons. The van der Waals surface area contributed by atoms with Crippen molar-refractivity contribution in [3.63, 3.8) is 0 Å². The van der Waals surface area contributed by atoms with Crippen LogP contribution in [0.15, 0.2) is 12.7 Å². The Bertz CT molecular complexity index is 619. The molecule has 2 saturated carbocycles. The molecule has 0 unspecified atom stereocenters. The van der Waals surface area contributed by atoms with E-state index in [0.29, 0.717) is 17.3 Å². The maximum absolute atomic E-state index is 5.94. The zero-order chi connectivity index (χ0) is 13.6. The van der Waals surface area contributed by atoms with E-state index in [1.54, 1.807) is 0 Å². The third-order valence-corrected chi connectivity index (χ3v) is 4.32. The van der Waals surface area contributed by atoms with Crippen molar-refractivity contribution < 1.29 is 0 Å². The highest BCUT2D eigenvalue weighted by Gasteiger charge is 2.53. The van der Waals surface area contributed by atoms with Crippen LogP contribution in [-0.4, -0.2) is 36.3 Å². The van der Waals surface area contributed by atoms with Gasteiger partial charge in [-0.2, -0.15) is 24.7 Å². The van der Waals surface area contributed by atoms with Gasteiger partial charge in [0, 0.05) is 6.54 Å². The van der Waals surface area contributed by atoms with Crippen LogP contribution in [0.2, 0.25) is 5.28 Å². The van der Waals surface area contributed by atoms with Crippen molar-refractivity contribution in [1.82, 2.24) is 29.7 Å². The number of halogens is 1. The first-order valence-electron chi connectivity index (χ1n) is 6.76. The van der Waals surface area contributed by atoms with Crippen molar-refractivity contribution >= 4 is 17.5 Å². The summed E-state index contributed by atoms with van der Waals surface area (Å²) in [6, 6.07) is 0. The SMILES string of the molecule is Clc1nc(NCC2(C3CC3)CC2)nc(-n2cncn2)n1. The average molecular weight is 292 g/mol. The fourth-order valence-electron chi connectivity index (χ4n) is 2.67. The quantitative estimate of drug-likeness (QED) is 0.903. The van der Waals surface area contributed by atoms with Gasteiger partial charge in [0.25, 0.3) is 5.95 Å². The zero-order valence-electron chi connectivity index (χ0n) is 10.8. The Labute approximate surface area is 120 Å². The van der Waals surface area contributed by atoms with Crippen LogP contribution in [0.1, 0.15) is 25.7 Å². The summed E-state index contributed by atoms with van der Waals surface area (Å²) in [5.41, 5.74) is 0.479. The molecule has 8 heteroatoms.